The number of rotatable bonds is 3. The molecule has 0 spiro atoms. The predicted molar refractivity (Wildman–Crippen MR) is 81.8 cm³/mol. The summed E-state index contributed by atoms with van der Waals surface area (Å²) in [5.74, 6) is 3.18. The molecule has 0 aromatic heterocycles. The second-order valence-electron chi connectivity index (χ2n) is 7.71. The highest BCUT2D eigenvalue weighted by molar-refractivity contribution is 5.26. The highest BCUT2D eigenvalue weighted by Crippen LogP contribution is 2.70. The molecule has 0 aliphatic heterocycles. The molecule has 2 aliphatic rings. The van der Waals surface area contributed by atoms with E-state index in [4.69, 9.17) is 6.42 Å². The second kappa shape index (κ2) is 4.61. The van der Waals surface area contributed by atoms with E-state index in [2.05, 4.69) is 26.3 Å². The van der Waals surface area contributed by atoms with Crippen LogP contribution in [0.25, 0.3) is 0 Å². The minimum atomic E-state index is -1.21. The maximum Gasteiger partial charge on any atom is 0.133 e. The van der Waals surface area contributed by atoms with E-state index in [1.54, 1.807) is 0 Å². The average Bonchev–Trinajstić information content (AvgIpc) is 2.90. The Hall–Kier alpha value is -0.780. The summed E-state index contributed by atoms with van der Waals surface area (Å²) < 4.78 is 0. The van der Waals surface area contributed by atoms with Crippen molar-refractivity contribution in [2.24, 2.45) is 35.0 Å². The van der Waals surface area contributed by atoms with E-state index in [0.29, 0.717) is 11.8 Å². The molecule has 0 heterocycles. The quantitative estimate of drug-likeness (QED) is 0.615. The lowest BCUT2D eigenvalue weighted by Crippen LogP contribution is -2.53. The van der Waals surface area contributed by atoms with Gasteiger partial charge in [-0.25, -0.2) is 0 Å². The van der Waals surface area contributed by atoms with Crippen LogP contribution in [-0.2, 0) is 0 Å². The van der Waals surface area contributed by atoms with E-state index in [1.807, 2.05) is 20.8 Å². The van der Waals surface area contributed by atoms with Crippen LogP contribution < -0.4 is 0 Å². The van der Waals surface area contributed by atoms with E-state index in [9.17, 15) is 10.2 Å². The zero-order valence-electron chi connectivity index (χ0n) is 13.4. The highest BCUT2D eigenvalue weighted by Gasteiger charge is 2.70. The van der Waals surface area contributed by atoms with Crippen LogP contribution in [0, 0.1) is 47.3 Å². The van der Waals surface area contributed by atoms with Gasteiger partial charge in [0.25, 0.3) is 0 Å². The molecule has 0 aromatic rings. The van der Waals surface area contributed by atoms with Gasteiger partial charge in [-0.3, -0.25) is 0 Å². The Bertz CT molecular complexity index is 459. The molecule has 2 heteroatoms. The lowest BCUT2D eigenvalue weighted by atomic mass is 9.65. The van der Waals surface area contributed by atoms with Crippen LogP contribution in [0.4, 0.5) is 0 Å². The van der Waals surface area contributed by atoms with Crippen molar-refractivity contribution in [2.45, 2.75) is 52.7 Å². The number of fused-ring (bicyclic) bond motifs is 1. The number of terminal acetylenes is 1. The number of aliphatic hydroxyl groups is 2. The summed E-state index contributed by atoms with van der Waals surface area (Å²) in [6.45, 7) is 14.3. The maximum atomic E-state index is 11.0. The summed E-state index contributed by atoms with van der Waals surface area (Å²) in [5, 5.41) is 21.8. The first kappa shape index (κ1) is 15.6. The average molecular weight is 276 g/mol. The van der Waals surface area contributed by atoms with E-state index < -0.39 is 11.7 Å². The third kappa shape index (κ3) is 1.95. The van der Waals surface area contributed by atoms with Gasteiger partial charge in [-0.1, -0.05) is 45.8 Å². The molecule has 2 rings (SSSR count). The van der Waals surface area contributed by atoms with Gasteiger partial charge in [0, 0.05) is 11.8 Å². The first-order valence-electron chi connectivity index (χ1n) is 7.62. The monoisotopic (exact) mass is 276 g/mol. The Morgan fingerprint density at radius 2 is 2.00 bits per heavy atom. The van der Waals surface area contributed by atoms with Gasteiger partial charge < -0.3 is 10.2 Å². The van der Waals surface area contributed by atoms with Crippen molar-refractivity contribution in [3.05, 3.63) is 12.2 Å². The van der Waals surface area contributed by atoms with E-state index in [0.717, 1.165) is 12.0 Å². The molecule has 0 aromatic carbocycles. The number of hydrogen-bond acceptors (Lipinski definition) is 2. The molecule has 112 valence electrons. The van der Waals surface area contributed by atoms with Crippen molar-refractivity contribution in [2.75, 3.05) is 0 Å². The molecule has 2 fully saturated rings. The van der Waals surface area contributed by atoms with Crippen molar-refractivity contribution < 1.29 is 10.2 Å². The normalized spacial score (nSPS) is 44.9. The van der Waals surface area contributed by atoms with Crippen LogP contribution in [0.5, 0.6) is 0 Å². The fourth-order valence-corrected chi connectivity index (χ4v) is 4.43. The van der Waals surface area contributed by atoms with Gasteiger partial charge >= 0.3 is 0 Å². The number of hydrogen-bond donors (Lipinski definition) is 2. The fourth-order valence-electron chi connectivity index (χ4n) is 4.43. The van der Waals surface area contributed by atoms with Crippen molar-refractivity contribution in [1.29, 1.82) is 0 Å². The molecule has 1 unspecified atom stereocenters. The van der Waals surface area contributed by atoms with Crippen molar-refractivity contribution in [3.63, 3.8) is 0 Å². The summed E-state index contributed by atoms with van der Waals surface area (Å²) >= 11 is 0. The molecule has 7 atom stereocenters. The van der Waals surface area contributed by atoms with Crippen LogP contribution in [0.2, 0.25) is 0 Å². The molecule has 2 saturated carbocycles. The van der Waals surface area contributed by atoms with Gasteiger partial charge in [-0.2, -0.15) is 0 Å². The third-order valence-electron chi connectivity index (χ3n) is 6.28. The summed E-state index contributed by atoms with van der Waals surface area (Å²) in [6, 6.07) is 0. The molecular formula is C18H28O2. The van der Waals surface area contributed by atoms with Gasteiger partial charge in [0.15, 0.2) is 0 Å². The lowest BCUT2D eigenvalue weighted by molar-refractivity contribution is -0.105. The molecule has 0 saturated heterocycles. The molecular weight excluding hydrogens is 248 g/mol. The van der Waals surface area contributed by atoms with Crippen LogP contribution in [0.15, 0.2) is 12.2 Å². The minimum Gasteiger partial charge on any atom is -0.392 e. The smallest absolute Gasteiger partial charge is 0.133 e. The third-order valence-corrected chi connectivity index (χ3v) is 6.28. The topological polar surface area (TPSA) is 40.5 Å². The lowest BCUT2D eigenvalue weighted by Gasteiger charge is -2.44. The summed E-state index contributed by atoms with van der Waals surface area (Å²) in [4.78, 5) is 0. The molecule has 20 heavy (non-hydrogen) atoms. The van der Waals surface area contributed by atoms with Crippen LogP contribution in [0.3, 0.4) is 0 Å². The second-order valence-corrected chi connectivity index (χ2v) is 7.71. The van der Waals surface area contributed by atoms with Crippen molar-refractivity contribution in [3.8, 4) is 12.3 Å². The summed E-state index contributed by atoms with van der Waals surface area (Å²) in [6.07, 6.45) is 5.98. The zero-order valence-corrected chi connectivity index (χ0v) is 13.4. The zero-order chi connectivity index (χ0) is 15.5. The first-order valence-corrected chi connectivity index (χ1v) is 7.62. The minimum absolute atomic E-state index is 0.0208. The molecule has 2 nitrogen and oxygen atoms in total. The van der Waals surface area contributed by atoms with Gasteiger partial charge in [0.2, 0.25) is 0 Å². The summed E-state index contributed by atoms with van der Waals surface area (Å²) in [7, 11) is 0. The van der Waals surface area contributed by atoms with Gasteiger partial charge in [0.05, 0.1) is 6.10 Å². The standard InChI is InChI=1S/C18H28O2/c1-8-18(20)11(4)9-13-14(17(13,6)7)15(18)16(19)12(5)10(2)3/h1,11-16,19-20H,2,9H2,3-7H3/t11-,12-,13-,14-,15?,16-,18-/m1/s1. The summed E-state index contributed by atoms with van der Waals surface area (Å²) in [5.41, 5.74) is -0.112. The SMILES string of the molecule is C#C[C@]1(O)C([C@H](O)[C@H](C)C(=C)C)[C@H]2[C@@H](C[C@H]1C)C2(C)C. The molecule has 2 aliphatic carbocycles. The Morgan fingerprint density at radius 1 is 1.45 bits per heavy atom. The Labute approximate surface area is 123 Å². The van der Waals surface area contributed by atoms with Crippen molar-refractivity contribution >= 4 is 0 Å². The largest absolute Gasteiger partial charge is 0.392 e. The Morgan fingerprint density at radius 3 is 2.45 bits per heavy atom. The van der Waals surface area contributed by atoms with Gasteiger partial charge in [0.1, 0.15) is 5.60 Å². The van der Waals surface area contributed by atoms with Gasteiger partial charge in [-0.05, 0) is 36.5 Å². The number of aliphatic hydroxyl groups excluding tert-OH is 1. The molecule has 2 N–H and O–H groups in total. The Balaban J connectivity index is 2.40. The highest BCUT2D eigenvalue weighted by atomic mass is 16.3. The fraction of sp³-hybridized carbons (Fsp3) is 0.778. The maximum absolute atomic E-state index is 11.0. The van der Waals surface area contributed by atoms with Crippen LogP contribution in [0.1, 0.15) is 41.0 Å². The Kier molecular flexibility index (Phi) is 3.60. The predicted octanol–water partition coefficient (Wildman–Crippen LogP) is 2.85. The van der Waals surface area contributed by atoms with E-state index in [1.165, 1.54) is 0 Å². The first-order chi connectivity index (χ1) is 9.09. The molecule has 0 amide bonds. The van der Waals surface area contributed by atoms with Crippen molar-refractivity contribution in [1.82, 2.24) is 0 Å². The van der Waals surface area contributed by atoms with E-state index in [-0.39, 0.29) is 23.2 Å². The molecule has 0 bridgehead atoms. The van der Waals surface area contributed by atoms with E-state index >= 15 is 0 Å². The van der Waals surface area contributed by atoms with Crippen LogP contribution >= 0.6 is 0 Å². The van der Waals surface area contributed by atoms with Crippen LogP contribution in [-0.4, -0.2) is 21.9 Å². The van der Waals surface area contributed by atoms with Gasteiger partial charge in [-0.15, -0.1) is 6.42 Å². The molecule has 0 radical (unpaired) electrons.